The van der Waals surface area contributed by atoms with E-state index >= 15 is 0 Å². The first-order valence-electron chi connectivity index (χ1n) is 10.3. The molecule has 2 amide bonds. The Balaban J connectivity index is 1.80. The molecule has 2 aromatic heterocycles. The van der Waals surface area contributed by atoms with E-state index < -0.39 is 17.6 Å². The number of rotatable bonds is 5. The Morgan fingerprint density at radius 1 is 1.29 bits per heavy atom. The number of carbonyl (C=O) groups excluding carboxylic acids is 2. The lowest BCUT2D eigenvalue weighted by Crippen LogP contribution is -2.36. The Morgan fingerprint density at radius 3 is 2.71 bits per heavy atom. The molecule has 8 heteroatoms. The lowest BCUT2D eigenvalue weighted by Gasteiger charge is -2.26. The molecule has 1 aliphatic carbocycles. The van der Waals surface area contributed by atoms with Gasteiger partial charge in [-0.05, 0) is 49.9 Å². The van der Waals surface area contributed by atoms with Crippen molar-refractivity contribution in [1.82, 2.24) is 14.5 Å². The van der Waals surface area contributed by atoms with Crippen LogP contribution in [0, 0.1) is 0 Å². The second-order valence-corrected chi connectivity index (χ2v) is 8.50. The zero-order valence-corrected chi connectivity index (χ0v) is 17.9. The Morgan fingerprint density at radius 2 is 2.06 bits per heavy atom. The fraction of sp³-hybridized carbons (Fsp3) is 0.348. The number of fused-ring (bicyclic) bond motifs is 1. The second kappa shape index (κ2) is 7.68. The molecule has 2 atom stereocenters. The van der Waals surface area contributed by atoms with Crippen molar-refractivity contribution in [3.05, 3.63) is 53.9 Å². The highest BCUT2D eigenvalue weighted by Gasteiger charge is 2.39. The van der Waals surface area contributed by atoms with E-state index in [4.69, 9.17) is 5.73 Å². The van der Waals surface area contributed by atoms with Crippen molar-refractivity contribution >= 4 is 23.0 Å². The van der Waals surface area contributed by atoms with Crippen molar-refractivity contribution in [2.24, 2.45) is 5.73 Å². The zero-order valence-electron chi connectivity index (χ0n) is 17.9. The number of hydrogen-bond donors (Lipinski definition) is 2. The standard InChI is InChI=1S/C23H26FN5O2/c1-23(24)9-5-8-19(23)27-20-17(21(25)30)12-26-29-13-16(11-18(20)29)14-6-4-7-15(10-14)22(31)28(2)3/h4,6-7,10-13,19,27H,5,8-9H2,1-3H3,(H2,25,30). The maximum absolute atomic E-state index is 14.9. The maximum atomic E-state index is 14.9. The predicted molar refractivity (Wildman–Crippen MR) is 118 cm³/mol. The van der Waals surface area contributed by atoms with Gasteiger partial charge in [-0.2, -0.15) is 5.10 Å². The molecule has 1 aromatic carbocycles. The van der Waals surface area contributed by atoms with Crippen molar-refractivity contribution < 1.29 is 14.0 Å². The number of nitrogens with zero attached hydrogens (tertiary/aromatic N) is 3. The number of alkyl halides is 1. The van der Waals surface area contributed by atoms with Crippen LogP contribution in [0.2, 0.25) is 0 Å². The number of aromatic nitrogens is 2. The van der Waals surface area contributed by atoms with Gasteiger partial charge in [0.2, 0.25) is 0 Å². The number of primary amides is 1. The van der Waals surface area contributed by atoms with Crippen LogP contribution in [0.1, 0.15) is 46.9 Å². The molecule has 0 bridgehead atoms. The minimum atomic E-state index is -1.37. The summed E-state index contributed by atoms with van der Waals surface area (Å²) in [7, 11) is 3.41. The van der Waals surface area contributed by atoms with Crippen LogP contribution in [0.25, 0.3) is 16.6 Å². The number of hydrogen-bond acceptors (Lipinski definition) is 4. The predicted octanol–water partition coefficient (Wildman–Crippen LogP) is 3.49. The van der Waals surface area contributed by atoms with Crippen molar-refractivity contribution in [2.45, 2.75) is 37.9 Å². The number of nitrogens with one attached hydrogen (secondary N) is 1. The maximum Gasteiger partial charge on any atom is 0.253 e. The Kier molecular flexibility index (Phi) is 5.16. The van der Waals surface area contributed by atoms with Crippen molar-refractivity contribution in [2.75, 3.05) is 19.4 Å². The molecule has 1 saturated carbocycles. The van der Waals surface area contributed by atoms with Crippen LogP contribution < -0.4 is 11.1 Å². The highest BCUT2D eigenvalue weighted by atomic mass is 19.1. The molecule has 31 heavy (non-hydrogen) atoms. The molecule has 7 nitrogen and oxygen atoms in total. The molecule has 2 heterocycles. The average molecular weight is 423 g/mol. The molecule has 0 radical (unpaired) electrons. The number of anilines is 1. The van der Waals surface area contributed by atoms with E-state index in [1.165, 1.54) is 11.1 Å². The molecule has 0 spiro atoms. The number of amides is 2. The van der Waals surface area contributed by atoms with E-state index in [0.717, 1.165) is 17.5 Å². The zero-order chi connectivity index (χ0) is 22.3. The summed E-state index contributed by atoms with van der Waals surface area (Å²) in [6.45, 7) is 1.58. The summed E-state index contributed by atoms with van der Waals surface area (Å²) < 4.78 is 16.5. The number of benzene rings is 1. The van der Waals surface area contributed by atoms with Crippen molar-refractivity contribution in [3.63, 3.8) is 0 Å². The Bertz CT molecular complexity index is 1170. The number of nitrogens with two attached hydrogens (primary N) is 1. The van der Waals surface area contributed by atoms with Gasteiger partial charge in [-0.1, -0.05) is 12.1 Å². The topological polar surface area (TPSA) is 92.7 Å². The van der Waals surface area contributed by atoms with Crippen LogP contribution in [0.15, 0.2) is 42.7 Å². The van der Waals surface area contributed by atoms with Gasteiger partial charge in [0.15, 0.2) is 0 Å². The molecular formula is C23H26FN5O2. The quantitative estimate of drug-likeness (QED) is 0.657. The van der Waals surface area contributed by atoms with E-state index in [0.29, 0.717) is 29.6 Å². The van der Waals surface area contributed by atoms with Crippen molar-refractivity contribution in [1.29, 1.82) is 0 Å². The van der Waals surface area contributed by atoms with Crippen LogP contribution in [0.5, 0.6) is 0 Å². The summed E-state index contributed by atoms with van der Waals surface area (Å²) in [5.41, 5.74) is 7.76. The highest BCUT2D eigenvalue weighted by molar-refractivity contribution is 6.02. The van der Waals surface area contributed by atoms with Gasteiger partial charge in [0, 0.05) is 31.4 Å². The fourth-order valence-electron chi connectivity index (χ4n) is 4.17. The summed E-state index contributed by atoms with van der Waals surface area (Å²) in [6.07, 6.45) is 5.13. The summed E-state index contributed by atoms with van der Waals surface area (Å²) in [5.74, 6) is -0.719. The normalized spacial score (nSPS) is 20.7. The van der Waals surface area contributed by atoms with E-state index in [1.807, 2.05) is 30.5 Å². The molecule has 162 valence electrons. The largest absolute Gasteiger partial charge is 0.377 e. The van der Waals surface area contributed by atoms with Crippen molar-refractivity contribution in [3.8, 4) is 11.1 Å². The van der Waals surface area contributed by atoms with E-state index in [-0.39, 0.29) is 11.5 Å². The van der Waals surface area contributed by atoms with Gasteiger partial charge in [-0.15, -0.1) is 0 Å². The summed E-state index contributed by atoms with van der Waals surface area (Å²) >= 11 is 0. The molecule has 3 N–H and O–H groups in total. The summed E-state index contributed by atoms with van der Waals surface area (Å²) in [4.78, 5) is 25.9. The van der Waals surface area contributed by atoms with Gasteiger partial charge in [-0.3, -0.25) is 9.59 Å². The van der Waals surface area contributed by atoms with Crippen LogP contribution in [0.4, 0.5) is 10.1 Å². The van der Waals surface area contributed by atoms with Crippen LogP contribution in [0.3, 0.4) is 0 Å². The fourth-order valence-corrected chi connectivity index (χ4v) is 4.17. The first-order valence-corrected chi connectivity index (χ1v) is 10.3. The number of carbonyl (C=O) groups is 2. The third-order valence-electron chi connectivity index (χ3n) is 5.96. The molecule has 1 fully saturated rings. The smallest absolute Gasteiger partial charge is 0.253 e. The monoisotopic (exact) mass is 423 g/mol. The van der Waals surface area contributed by atoms with Crippen LogP contribution in [-0.4, -0.2) is 52.1 Å². The highest BCUT2D eigenvalue weighted by Crippen LogP contribution is 2.37. The van der Waals surface area contributed by atoms with Gasteiger partial charge >= 0.3 is 0 Å². The average Bonchev–Trinajstić information content (AvgIpc) is 3.30. The van der Waals surface area contributed by atoms with E-state index in [2.05, 4.69) is 10.4 Å². The minimum absolute atomic E-state index is 0.0921. The Hall–Kier alpha value is -3.42. The first kappa shape index (κ1) is 20.8. The van der Waals surface area contributed by atoms with Gasteiger partial charge in [0.05, 0.1) is 29.0 Å². The molecule has 4 rings (SSSR count). The second-order valence-electron chi connectivity index (χ2n) is 8.50. The molecular weight excluding hydrogens is 397 g/mol. The van der Waals surface area contributed by atoms with Gasteiger partial charge in [0.25, 0.3) is 11.8 Å². The molecule has 0 saturated heterocycles. The van der Waals surface area contributed by atoms with Crippen LogP contribution >= 0.6 is 0 Å². The van der Waals surface area contributed by atoms with E-state index in [1.54, 1.807) is 31.6 Å². The summed E-state index contributed by atoms with van der Waals surface area (Å²) in [6, 6.07) is 8.75. The first-order chi connectivity index (χ1) is 14.7. The van der Waals surface area contributed by atoms with E-state index in [9.17, 15) is 14.0 Å². The molecule has 3 aromatic rings. The lowest BCUT2D eigenvalue weighted by atomic mass is 10.0. The number of halogens is 1. The SMILES string of the molecule is CN(C)C(=O)c1cccc(-c2cc3c(NC4CCCC4(C)F)c(C(N)=O)cnn3c2)c1. The van der Waals surface area contributed by atoms with Gasteiger partial charge in [0.1, 0.15) is 5.67 Å². The van der Waals surface area contributed by atoms with Gasteiger partial charge < -0.3 is 16.0 Å². The minimum Gasteiger partial charge on any atom is -0.377 e. The van der Waals surface area contributed by atoms with Crippen LogP contribution in [-0.2, 0) is 0 Å². The van der Waals surface area contributed by atoms with Gasteiger partial charge in [-0.25, -0.2) is 8.91 Å². The third-order valence-corrected chi connectivity index (χ3v) is 5.96. The molecule has 0 aliphatic heterocycles. The summed E-state index contributed by atoms with van der Waals surface area (Å²) in [5, 5.41) is 7.55. The lowest BCUT2D eigenvalue weighted by molar-refractivity contribution is 0.0827. The Labute approximate surface area is 180 Å². The molecule has 1 aliphatic rings. The molecule has 2 unspecified atom stereocenters. The third kappa shape index (κ3) is 3.85.